The first-order chi connectivity index (χ1) is 15.5. The second-order valence-corrected chi connectivity index (χ2v) is 7.09. The standard InChI is InChI=1S/C20H18ClN9O2/c1-29(14-8-3-2-4-9-14)12-16-17(24-28-30(16)19-18(22)26-32-27-19)20(31)25-23-11-13-7-5-6-10-15(13)21/h2-11H,12H2,1H3,(H2,22,26)(H,25,31)/b23-11+. The summed E-state index contributed by atoms with van der Waals surface area (Å²) in [4.78, 5) is 14.8. The normalized spacial score (nSPS) is 11.1. The summed E-state index contributed by atoms with van der Waals surface area (Å²) in [6.45, 7) is 0.264. The lowest BCUT2D eigenvalue weighted by molar-refractivity contribution is 0.0949. The molecule has 0 saturated heterocycles. The number of aromatic nitrogens is 5. The molecule has 0 bridgehead atoms. The number of rotatable bonds is 7. The summed E-state index contributed by atoms with van der Waals surface area (Å²) in [7, 11) is 1.87. The number of para-hydroxylation sites is 1. The largest absolute Gasteiger partial charge is 0.378 e. The second kappa shape index (κ2) is 9.27. The van der Waals surface area contributed by atoms with Gasteiger partial charge in [-0.05, 0) is 28.5 Å². The number of hydrazone groups is 1. The summed E-state index contributed by atoms with van der Waals surface area (Å²) in [6, 6.07) is 16.7. The molecule has 0 aliphatic rings. The molecule has 0 radical (unpaired) electrons. The molecule has 0 atom stereocenters. The minimum absolute atomic E-state index is 0.0159. The summed E-state index contributed by atoms with van der Waals surface area (Å²) in [5, 5.41) is 19.9. The van der Waals surface area contributed by atoms with Crippen molar-refractivity contribution < 1.29 is 9.42 Å². The molecule has 0 spiro atoms. The number of benzene rings is 2. The molecule has 0 saturated carbocycles. The van der Waals surface area contributed by atoms with Crippen molar-refractivity contribution in [2.45, 2.75) is 6.54 Å². The highest BCUT2D eigenvalue weighted by Crippen LogP contribution is 2.20. The van der Waals surface area contributed by atoms with Crippen LogP contribution in [0.5, 0.6) is 0 Å². The van der Waals surface area contributed by atoms with Gasteiger partial charge in [0.25, 0.3) is 5.91 Å². The van der Waals surface area contributed by atoms with Gasteiger partial charge in [0.1, 0.15) is 0 Å². The summed E-state index contributed by atoms with van der Waals surface area (Å²) in [5.74, 6) is -0.416. The van der Waals surface area contributed by atoms with Crippen LogP contribution in [0.3, 0.4) is 0 Å². The highest BCUT2D eigenvalue weighted by molar-refractivity contribution is 6.33. The Hall–Kier alpha value is -4.25. The van der Waals surface area contributed by atoms with Gasteiger partial charge in [0.2, 0.25) is 11.6 Å². The smallest absolute Gasteiger partial charge is 0.293 e. The number of halogens is 1. The van der Waals surface area contributed by atoms with E-state index in [0.29, 0.717) is 16.3 Å². The van der Waals surface area contributed by atoms with E-state index in [1.54, 1.807) is 18.2 Å². The monoisotopic (exact) mass is 451 g/mol. The number of hydrogen-bond acceptors (Lipinski definition) is 9. The van der Waals surface area contributed by atoms with E-state index < -0.39 is 5.91 Å². The van der Waals surface area contributed by atoms with Gasteiger partial charge in [0.05, 0.1) is 18.5 Å². The van der Waals surface area contributed by atoms with Crippen LogP contribution >= 0.6 is 11.6 Å². The number of nitrogens with zero attached hydrogens (tertiary/aromatic N) is 7. The number of nitrogens with two attached hydrogens (primary N) is 1. The Morgan fingerprint density at radius 2 is 1.97 bits per heavy atom. The molecule has 4 rings (SSSR count). The van der Waals surface area contributed by atoms with Crippen LogP contribution in [0.15, 0.2) is 64.3 Å². The first kappa shape index (κ1) is 21.0. The summed E-state index contributed by atoms with van der Waals surface area (Å²) < 4.78 is 5.99. The van der Waals surface area contributed by atoms with E-state index in [1.165, 1.54) is 10.9 Å². The van der Waals surface area contributed by atoms with Crippen LogP contribution in [0.2, 0.25) is 5.02 Å². The third-order valence-corrected chi connectivity index (χ3v) is 4.88. The molecule has 0 aliphatic carbocycles. The molecular formula is C20H18ClN9O2. The van der Waals surface area contributed by atoms with Gasteiger partial charge in [-0.3, -0.25) is 4.79 Å². The molecule has 2 heterocycles. The Morgan fingerprint density at radius 1 is 1.22 bits per heavy atom. The Morgan fingerprint density at radius 3 is 2.69 bits per heavy atom. The average Bonchev–Trinajstić information content (AvgIpc) is 3.41. The molecule has 11 nitrogen and oxygen atoms in total. The third-order valence-electron chi connectivity index (χ3n) is 4.53. The van der Waals surface area contributed by atoms with E-state index in [-0.39, 0.29) is 23.9 Å². The SMILES string of the molecule is CN(Cc1c(C(=O)N/N=C/c2ccccc2Cl)nnn1-c1nonc1N)c1ccccc1. The first-order valence-corrected chi connectivity index (χ1v) is 9.79. The minimum Gasteiger partial charge on any atom is -0.378 e. The van der Waals surface area contributed by atoms with Gasteiger partial charge in [0, 0.05) is 23.3 Å². The Bertz CT molecular complexity index is 1250. The van der Waals surface area contributed by atoms with Crippen molar-refractivity contribution in [1.82, 2.24) is 30.7 Å². The van der Waals surface area contributed by atoms with Gasteiger partial charge in [-0.15, -0.1) is 5.10 Å². The molecule has 2 aromatic carbocycles. The molecule has 32 heavy (non-hydrogen) atoms. The highest BCUT2D eigenvalue weighted by atomic mass is 35.5. The molecule has 3 N–H and O–H groups in total. The number of nitrogens with one attached hydrogen (secondary N) is 1. The second-order valence-electron chi connectivity index (χ2n) is 6.68. The fourth-order valence-corrected chi connectivity index (χ4v) is 3.10. The fourth-order valence-electron chi connectivity index (χ4n) is 2.92. The van der Waals surface area contributed by atoms with E-state index in [4.69, 9.17) is 17.3 Å². The zero-order valence-corrected chi connectivity index (χ0v) is 17.6. The predicted octanol–water partition coefficient (Wildman–Crippen LogP) is 2.29. The quantitative estimate of drug-likeness (QED) is 0.322. The van der Waals surface area contributed by atoms with E-state index in [2.05, 4.69) is 35.8 Å². The zero-order chi connectivity index (χ0) is 22.5. The van der Waals surface area contributed by atoms with Gasteiger partial charge < -0.3 is 10.6 Å². The van der Waals surface area contributed by atoms with Crippen molar-refractivity contribution >= 4 is 35.2 Å². The van der Waals surface area contributed by atoms with Gasteiger partial charge in [0.15, 0.2) is 5.69 Å². The van der Waals surface area contributed by atoms with Crippen molar-refractivity contribution in [2.75, 3.05) is 17.7 Å². The van der Waals surface area contributed by atoms with Crippen LogP contribution in [0, 0.1) is 0 Å². The number of carbonyl (C=O) groups is 1. The Balaban J connectivity index is 1.62. The van der Waals surface area contributed by atoms with Crippen molar-refractivity contribution in [3.63, 3.8) is 0 Å². The maximum Gasteiger partial charge on any atom is 0.293 e. The zero-order valence-electron chi connectivity index (χ0n) is 16.9. The van der Waals surface area contributed by atoms with Crippen LogP contribution < -0.4 is 16.1 Å². The van der Waals surface area contributed by atoms with E-state index >= 15 is 0 Å². The van der Waals surface area contributed by atoms with Crippen molar-refractivity contribution in [1.29, 1.82) is 0 Å². The molecule has 0 unspecified atom stereocenters. The Labute approximate surface area is 187 Å². The molecule has 1 amide bonds. The predicted molar refractivity (Wildman–Crippen MR) is 119 cm³/mol. The van der Waals surface area contributed by atoms with Crippen LogP contribution in [-0.2, 0) is 6.54 Å². The third kappa shape index (κ3) is 4.42. The van der Waals surface area contributed by atoms with Crippen molar-refractivity contribution in [3.8, 4) is 5.82 Å². The fraction of sp³-hybridized carbons (Fsp3) is 0.100. The van der Waals surface area contributed by atoms with Crippen molar-refractivity contribution in [3.05, 3.63) is 76.6 Å². The summed E-state index contributed by atoms with van der Waals surface area (Å²) in [5.41, 5.74) is 10.3. The number of carbonyl (C=O) groups excluding carboxylic acids is 1. The number of anilines is 2. The van der Waals surface area contributed by atoms with E-state index in [1.807, 2.05) is 48.3 Å². The maximum atomic E-state index is 12.8. The molecule has 0 fully saturated rings. The highest BCUT2D eigenvalue weighted by Gasteiger charge is 2.25. The lowest BCUT2D eigenvalue weighted by atomic mass is 10.2. The average molecular weight is 452 g/mol. The van der Waals surface area contributed by atoms with Crippen LogP contribution in [-0.4, -0.2) is 44.5 Å². The van der Waals surface area contributed by atoms with E-state index in [0.717, 1.165) is 5.69 Å². The number of hydrogen-bond donors (Lipinski definition) is 2. The van der Waals surface area contributed by atoms with Crippen LogP contribution in [0.1, 0.15) is 21.7 Å². The summed E-state index contributed by atoms with van der Waals surface area (Å²) >= 11 is 6.10. The van der Waals surface area contributed by atoms with Gasteiger partial charge in [-0.2, -0.15) is 9.78 Å². The van der Waals surface area contributed by atoms with Gasteiger partial charge >= 0.3 is 0 Å². The lowest BCUT2D eigenvalue weighted by Crippen LogP contribution is -2.24. The van der Waals surface area contributed by atoms with Gasteiger partial charge in [-0.25, -0.2) is 10.1 Å². The molecule has 4 aromatic rings. The van der Waals surface area contributed by atoms with Crippen LogP contribution in [0.4, 0.5) is 11.5 Å². The first-order valence-electron chi connectivity index (χ1n) is 9.41. The minimum atomic E-state index is -0.564. The van der Waals surface area contributed by atoms with Crippen LogP contribution in [0.25, 0.3) is 5.82 Å². The molecule has 12 heteroatoms. The molecule has 2 aromatic heterocycles. The number of nitrogen functional groups attached to an aromatic ring is 1. The number of amides is 1. The molecule has 0 aliphatic heterocycles. The lowest BCUT2D eigenvalue weighted by Gasteiger charge is -2.19. The molecule has 162 valence electrons. The maximum absolute atomic E-state index is 12.8. The van der Waals surface area contributed by atoms with Crippen molar-refractivity contribution in [2.24, 2.45) is 5.10 Å². The Kier molecular flexibility index (Phi) is 6.08. The molecular weight excluding hydrogens is 434 g/mol. The summed E-state index contributed by atoms with van der Waals surface area (Å²) in [6.07, 6.45) is 1.44. The van der Waals surface area contributed by atoms with Gasteiger partial charge in [-0.1, -0.05) is 53.2 Å². The topological polar surface area (TPSA) is 140 Å². The van der Waals surface area contributed by atoms with E-state index in [9.17, 15) is 4.79 Å².